The molecule has 2 heterocycles. The minimum Gasteiger partial charge on any atom is -0.490 e. The van der Waals surface area contributed by atoms with Crippen molar-refractivity contribution in [2.75, 3.05) is 59.5 Å². The zero-order chi connectivity index (χ0) is 22.1. The molecule has 2 saturated heterocycles. The van der Waals surface area contributed by atoms with Gasteiger partial charge >= 0.3 is 12.1 Å². The lowest BCUT2D eigenvalue weighted by Gasteiger charge is -2.27. The van der Waals surface area contributed by atoms with Crippen LogP contribution in [0, 0.1) is 0 Å². The van der Waals surface area contributed by atoms with E-state index in [0.717, 1.165) is 57.7 Å². The van der Waals surface area contributed by atoms with Crippen molar-refractivity contribution in [2.45, 2.75) is 31.4 Å². The SMILES string of the molecule is COC(=O)C(N)Cc1ccc(OCC2CN(CCCCN3CCNCC3)C(=O)O2)cc1. The van der Waals surface area contributed by atoms with E-state index < -0.39 is 12.0 Å². The molecule has 0 bridgehead atoms. The Kier molecular flexibility index (Phi) is 8.93. The molecule has 0 spiro atoms. The van der Waals surface area contributed by atoms with Crippen LogP contribution in [0.1, 0.15) is 18.4 Å². The fraction of sp³-hybridized carbons (Fsp3) is 0.636. The Morgan fingerprint density at radius 1 is 1.23 bits per heavy atom. The summed E-state index contributed by atoms with van der Waals surface area (Å²) in [5, 5.41) is 3.36. The lowest BCUT2D eigenvalue weighted by atomic mass is 10.1. The van der Waals surface area contributed by atoms with Gasteiger partial charge in [0.2, 0.25) is 0 Å². The largest absolute Gasteiger partial charge is 0.490 e. The number of esters is 1. The molecule has 31 heavy (non-hydrogen) atoms. The topological polar surface area (TPSA) is 106 Å². The summed E-state index contributed by atoms with van der Waals surface area (Å²) in [6.07, 6.45) is 1.92. The highest BCUT2D eigenvalue weighted by Crippen LogP contribution is 2.17. The summed E-state index contributed by atoms with van der Waals surface area (Å²) in [5.74, 6) is 0.248. The average Bonchev–Trinajstić information content (AvgIpc) is 3.15. The summed E-state index contributed by atoms with van der Waals surface area (Å²) in [6.45, 7) is 6.99. The second-order valence-electron chi connectivity index (χ2n) is 8.04. The summed E-state index contributed by atoms with van der Waals surface area (Å²) in [7, 11) is 1.32. The molecular weight excluding hydrogens is 400 g/mol. The monoisotopic (exact) mass is 434 g/mol. The number of ether oxygens (including phenoxy) is 3. The summed E-state index contributed by atoms with van der Waals surface area (Å²) >= 11 is 0. The number of hydrogen-bond donors (Lipinski definition) is 2. The van der Waals surface area contributed by atoms with Crippen LogP contribution in [0.2, 0.25) is 0 Å². The van der Waals surface area contributed by atoms with Crippen LogP contribution in [0.4, 0.5) is 4.79 Å². The molecule has 2 aliphatic heterocycles. The van der Waals surface area contributed by atoms with Crippen LogP contribution in [0.15, 0.2) is 24.3 Å². The number of rotatable bonds is 11. The van der Waals surface area contributed by atoms with Crippen molar-refractivity contribution in [2.24, 2.45) is 5.73 Å². The molecule has 3 rings (SSSR count). The predicted molar refractivity (Wildman–Crippen MR) is 116 cm³/mol. The highest BCUT2D eigenvalue weighted by Gasteiger charge is 2.31. The van der Waals surface area contributed by atoms with Gasteiger partial charge in [0.1, 0.15) is 18.4 Å². The van der Waals surface area contributed by atoms with Gasteiger partial charge in [0.25, 0.3) is 0 Å². The predicted octanol–water partition coefficient (Wildman–Crippen LogP) is 0.614. The van der Waals surface area contributed by atoms with Gasteiger partial charge in [-0.2, -0.15) is 0 Å². The summed E-state index contributed by atoms with van der Waals surface area (Å²) in [5.41, 5.74) is 6.70. The van der Waals surface area contributed by atoms with Gasteiger partial charge in [0.05, 0.1) is 13.7 Å². The van der Waals surface area contributed by atoms with Gasteiger partial charge in [-0.05, 0) is 43.5 Å². The summed E-state index contributed by atoms with van der Waals surface area (Å²) in [6, 6.07) is 6.69. The van der Waals surface area contributed by atoms with Crippen molar-refractivity contribution >= 4 is 12.1 Å². The van der Waals surface area contributed by atoms with Gasteiger partial charge in [0, 0.05) is 32.7 Å². The first kappa shape index (κ1) is 23.3. The van der Waals surface area contributed by atoms with E-state index in [9.17, 15) is 9.59 Å². The lowest BCUT2D eigenvalue weighted by molar-refractivity contribution is -0.142. The number of nitrogens with one attached hydrogen (secondary N) is 1. The smallest absolute Gasteiger partial charge is 0.410 e. The molecule has 2 unspecified atom stereocenters. The Bertz CT molecular complexity index is 708. The average molecular weight is 435 g/mol. The molecule has 172 valence electrons. The number of carbonyl (C=O) groups excluding carboxylic acids is 2. The first-order valence-electron chi connectivity index (χ1n) is 11.0. The number of benzene rings is 1. The molecule has 3 N–H and O–H groups in total. The fourth-order valence-corrected chi connectivity index (χ4v) is 3.82. The summed E-state index contributed by atoms with van der Waals surface area (Å²) < 4.78 is 15.9. The molecule has 2 atom stereocenters. The van der Waals surface area contributed by atoms with Gasteiger partial charge in [0.15, 0.2) is 6.10 Å². The third-order valence-corrected chi connectivity index (χ3v) is 5.63. The fourth-order valence-electron chi connectivity index (χ4n) is 3.82. The number of carbonyl (C=O) groups is 2. The van der Waals surface area contributed by atoms with E-state index in [0.29, 0.717) is 25.3 Å². The lowest BCUT2D eigenvalue weighted by Crippen LogP contribution is -2.43. The zero-order valence-electron chi connectivity index (χ0n) is 18.3. The van der Waals surface area contributed by atoms with Gasteiger partial charge in [-0.3, -0.25) is 4.79 Å². The van der Waals surface area contributed by atoms with Crippen molar-refractivity contribution in [3.05, 3.63) is 29.8 Å². The third kappa shape index (κ3) is 7.37. The maximum absolute atomic E-state index is 12.1. The van der Waals surface area contributed by atoms with Crippen LogP contribution in [-0.4, -0.2) is 93.5 Å². The van der Waals surface area contributed by atoms with Crippen LogP contribution >= 0.6 is 0 Å². The highest BCUT2D eigenvalue weighted by atomic mass is 16.6. The number of amides is 1. The van der Waals surface area contributed by atoms with Gasteiger partial charge < -0.3 is 35.1 Å². The van der Waals surface area contributed by atoms with E-state index >= 15 is 0 Å². The van der Waals surface area contributed by atoms with E-state index in [1.165, 1.54) is 7.11 Å². The van der Waals surface area contributed by atoms with Gasteiger partial charge in [-0.1, -0.05) is 12.1 Å². The van der Waals surface area contributed by atoms with Gasteiger partial charge in [-0.25, -0.2) is 4.79 Å². The standard InChI is InChI=1S/C22H34N4O5/c1-29-21(27)20(23)14-17-4-6-18(7-5-17)30-16-19-15-26(22(28)31-19)11-3-2-10-25-12-8-24-9-13-25/h4-7,19-20,24H,2-3,8-16,23H2,1H3. The molecule has 0 radical (unpaired) electrons. The normalized spacial score (nSPS) is 20.4. The molecule has 9 heteroatoms. The maximum Gasteiger partial charge on any atom is 0.410 e. The minimum atomic E-state index is -0.683. The van der Waals surface area contributed by atoms with Crippen LogP contribution in [0.3, 0.4) is 0 Å². The Balaban J connectivity index is 1.33. The number of unbranched alkanes of at least 4 members (excludes halogenated alkanes) is 1. The number of nitrogens with two attached hydrogens (primary N) is 1. The van der Waals surface area contributed by atoms with Crippen molar-refractivity contribution in [3.63, 3.8) is 0 Å². The van der Waals surface area contributed by atoms with E-state index in [2.05, 4.69) is 15.0 Å². The van der Waals surface area contributed by atoms with Crippen molar-refractivity contribution in [3.8, 4) is 5.75 Å². The Morgan fingerprint density at radius 3 is 2.65 bits per heavy atom. The summed E-state index contributed by atoms with van der Waals surface area (Å²) in [4.78, 5) is 27.7. The first-order valence-corrected chi connectivity index (χ1v) is 11.0. The van der Waals surface area contributed by atoms with Crippen molar-refractivity contribution < 1.29 is 23.8 Å². The Morgan fingerprint density at radius 2 is 1.94 bits per heavy atom. The van der Waals surface area contributed by atoms with Crippen LogP contribution < -0.4 is 15.8 Å². The van der Waals surface area contributed by atoms with Crippen molar-refractivity contribution in [1.82, 2.24) is 15.1 Å². The number of piperazine rings is 1. The number of nitrogens with zero attached hydrogens (tertiary/aromatic N) is 2. The zero-order valence-corrected chi connectivity index (χ0v) is 18.3. The molecule has 2 fully saturated rings. The first-order chi connectivity index (χ1) is 15.0. The number of hydrogen-bond acceptors (Lipinski definition) is 8. The maximum atomic E-state index is 12.1. The molecule has 1 amide bonds. The van der Waals surface area contributed by atoms with E-state index in [4.69, 9.17) is 15.2 Å². The Hall–Kier alpha value is -2.36. The van der Waals surface area contributed by atoms with Crippen molar-refractivity contribution in [1.29, 1.82) is 0 Å². The highest BCUT2D eigenvalue weighted by molar-refractivity contribution is 5.75. The van der Waals surface area contributed by atoms with E-state index in [1.807, 2.05) is 24.3 Å². The molecule has 1 aromatic carbocycles. The second-order valence-corrected chi connectivity index (χ2v) is 8.04. The molecule has 1 aromatic rings. The molecule has 2 aliphatic rings. The number of cyclic esters (lactones) is 1. The van der Waals surface area contributed by atoms with Crippen LogP contribution in [0.25, 0.3) is 0 Å². The molecule has 9 nitrogen and oxygen atoms in total. The van der Waals surface area contributed by atoms with Crippen LogP contribution in [0.5, 0.6) is 5.75 Å². The molecule has 0 aliphatic carbocycles. The molecule has 0 aromatic heterocycles. The number of methoxy groups -OCH3 is 1. The van der Waals surface area contributed by atoms with E-state index in [-0.39, 0.29) is 12.2 Å². The second kappa shape index (κ2) is 11.9. The quantitative estimate of drug-likeness (QED) is 0.386. The Labute approximate surface area is 183 Å². The van der Waals surface area contributed by atoms with E-state index in [1.54, 1.807) is 4.90 Å². The third-order valence-electron chi connectivity index (χ3n) is 5.63. The minimum absolute atomic E-state index is 0.261. The van der Waals surface area contributed by atoms with Gasteiger partial charge in [-0.15, -0.1) is 0 Å². The van der Waals surface area contributed by atoms with Crippen LogP contribution in [-0.2, 0) is 20.7 Å². The molecular formula is C22H34N4O5. The molecule has 0 saturated carbocycles.